The molecular formula is C21H14ClFN4O3. The molecule has 0 fully saturated rings. The van der Waals surface area contributed by atoms with Gasteiger partial charge in [-0.15, -0.1) is 0 Å². The van der Waals surface area contributed by atoms with E-state index in [1.165, 1.54) is 36.4 Å². The first kappa shape index (κ1) is 21.0. The summed E-state index contributed by atoms with van der Waals surface area (Å²) >= 11 is 6.12. The molecule has 1 aromatic heterocycles. The van der Waals surface area contributed by atoms with Crippen molar-refractivity contribution in [2.75, 3.05) is 6.61 Å². The predicted octanol–water partition coefficient (Wildman–Crippen LogP) is 3.53. The quantitative estimate of drug-likeness (QED) is 0.645. The first-order valence-corrected chi connectivity index (χ1v) is 9.03. The Labute approximate surface area is 175 Å². The van der Waals surface area contributed by atoms with Crippen molar-refractivity contribution in [3.05, 3.63) is 85.5 Å². The zero-order chi connectivity index (χ0) is 21.8. The van der Waals surface area contributed by atoms with E-state index in [4.69, 9.17) is 26.9 Å². The molecule has 3 rings (SSSR count). The topological polar surface area (TPSA) is 123 Å². The smallest absolute Gasteiger partial charge is 0.267 e. The zero-order valence-electron chi connectivity index (χ0n) is 15.6. The van der Waals surface area contributed by atoms with Crippen molar-refractivity contribution >= 4 is 11.6 Å². The zero-order valence-corrected chi connectivity index (χ0v) is 16.4. The number of aromatic amines is 1. The van der Waals surface area contributed by atoms with Crippen LogP contribution in [-0.4, -0.2) is 21.9 Å². The van der Waals surface area contributed by atoms with Crippen LogP contribution < -0.4 is 10.3 Å². The number of aliphatic hydroxyl groups is 1. The second kappa shape index (κ2) is 8.75. The van der Waals surface area contributed by atoms with Gasteiger partial charge in [-0.3, -0.25) is 4.79 Å². The summed E-state index contributed by atoms with van der Waals surface area (Å²) in [5.74, 6) is -2.00. The largest absolute Gasteiger partial charge is 0.453 e. The molecule has 1 unspecified atom stereocenters. The molecule has 0 saturated carbocycles. The summed E-state index contributed by atoms with van der Waals surface area (Å²) in [4.78, 5) is 11.6. The van der Waals surface area contributed by atoms with Crippen LogP contribution in [0.5, 0.6) is 11.5 Å². The number of nitrogens with zero attached hydrogens (tertiary/aromatic N) is 3. The highest BCUT2D eigenvalue weighted by atomic mass is 35.5. The van der Waals surface area contributed by atoms with Gasteiger partial charge in [-0.2, -0.15) is 15.6 Å². The summed E-state index contributed by atoms with van der Waals surface area (Å²) in [5, 5.41) is 34.2. The number of rotatable bonds is 5. The van der Waals surface area contributed by atoms with E-state index in [2.05, 4.69) is 10.2 Å². The number of aromatic nitrogens is 2. The van der Waals surface area contributed by atoms with Crippen LogP contribution in [-0.2, 0) is 0 Å². The molecule has 0 bridgehead atoms. The molecule has 0 aliphatic carbocycles. The molecular weight excluding hydrogens is 411 g/mol. The average Bonchev–Trinajstić information content (AvgIpc) is 2.75. The van der Waals surface area contributed by atoms with Gasteiger partial charge in [-0.1, -0.05) is 17.7 Å². The monoisotopic (exact) mass is 424 g/mol. The van der Waals surface area contributed by atoms with E-state index < -0.39 is 18.3 Å². The fourth-order valence-corrected chi connectivity index (χ4v) is 3.05. The predicted molar refractivity (Wildman–Crippen MR) is 106 cm³/mol. The lowest BCUT2D eigenvalue weighted by Crippen LogP contribution is -2.17. The lowest BCUT2D eigenvalue weighted by molar-refractivity contribution is 0.275. The highest BCUT2D eigenvalue weighted by Crippen LogP contribution is 2.38. The molecule has 0 spiro atoms. The molecule has 9 heteroatoms. The van der Waals surface area contributed by atoms with E-state index in [-0.39, 0.29) is 44.5 Å². The number of benzene rings is 2. The summed E-state index contributed by atoms with van der Waals surface area (Å²) < 4.78 is 20.9. The summed E-state index contributed by atoms with van der Waals surface area (Å²) in [6.45, 7) is 1.08. The summed E-state index contributed by atoms with van der Waals surface area (Å²) in [5.41, 5.74) is 0.618. The Bertz CT molecular complexity index is 1230. The molecule has 30 heavy (non-hydrogen) atoms. The summed E-state index contributed by atoms with van der Waals surface area (Å²) in [6, 6.07) is 12.1. The molecule has 1 heterocycles. The lowest BCUT2D eigenvalue weighted by atomic mass is 9.95. The molecule has 0 aliphatic rings. The Balaban J connectivity index is 2.07. The van der Waals surface area contributed by atoms with E-state index in [0.29, 0.717) is 5.56 Å². The molecule has 0 saturated heterocycles. The molecule has 0 aliphatic heterocycles. The Morgan fingerprint density at radius 1 is 1.23 bits per heavy atom. The van der Waals surface area contributed by atoms with E-state index in [1.807, 2.05) is 12.1 Å². The fraction of sp³-hybridized carbons (Fsp3) is 0.143. The molecule has 1 atom stereocenters. The van der Waals surface area contributed by atoms with Crippen LogP contribution in [0.2, 0.25) is 5.02 Å². The number of hydrogen-bond donors (Lipinski definition) is 2. The van der Waals surface area contributed by atoms with Crippen molar-refractivity contribution in [3.63, 3.8) is 0 Å². The highest BCUT2D eigenvalue weighted by Gasteiger charge is 2.24. The van der Waals surface area contributed by atoms with Gasteiger partial charge in [0.15, 0.2) is 11.6 Å². The molecule has 0 amide bonds. The molecule has 2 aromatic carbocycles. The number of nitriles is 2. The van der Waals surface area contributed by atoms with Crippen LogP contribution >= 0.6 is 11.6 Å². The summed E-state index contributed by atoms with van der Waals surface area (Å²) in [7, 11) is 0. The van der Waals surface area contributed by atoms with Crippen LogP contribution in [0.15, 0.2) is 41.2 Å². The minimum atomic E-state index is -0.889. The number of aliphatic hydroxyl groups excluding tert-OH is 1. The van der Waals surface area contributed by atoms with Gasteiger partial charge in [-0.25, -0.2) is 9.49 Å². The lowest BCUT2D eigenvalue weighted by Gasteiger charge is -2.18. The van der Waals surface area contributed by atoms with Gasteiger partial charge in [0.1, 0.15) is 5.75 Å². The van der Waals surface area contributed by atoms with Crippen LogP contribution in [0, 0.1) is 35.4 Å². The minimum Gasteiger partial charge on any atom is -0.453 e. The maximum atomic E-state index is 15.3. The number of hydrogen-bond acceptors (Lipinski definition) is 6. The van der Waals surface area contributed by atoms with Gasteiger partial charge < -0.3 is 9.84 Å². The number of ether oxygens (including phenoxy) is 1. The Morgan fingerprint density at radius 2 is 1.90 bits per heavy atom. The average molecular weight is 425 g/mol. The number of aryl methyl sites for hydroxylation is 1. The molecule has 150 valence electrons. The number of nitrogens with one attached hydrogen (secondary N) is 1. The van der Waals surface area contributed by atoms with E-state index >= 15 is 4.39 Å². The first-order valence-electron chi connectivity index (χ1n) is 8.66. The van der Waals surface area contributed by atoms with Crippen LogP contribution in [0.1, 0.15) is 33.9 Å². The third kappa shape index (κ3) is 4.15. The van der Waals surface area contributed by atoms with E-state index in [9.17, 15) is 9.90 Å². The van der Waals surface area contributed by atoms with Gasteiger partial charge in [0.25, 0.3) is 5.56 Å². The Morgan fingerprint density at radius 3 is 2.47 bits per heavy atom. The van der Waals surface area contributed by atoms with Crippen molar-refractivity contribution in [2.45, 2.75) is 12.8 Å². The highest BCUT2D eigenvalue weighted by molar-refractivity contribution is 6.32. The van der Waals surface area contributed by atoms with Crippen LogP contribution in [0.3, 0.4) is 0 Å². The van der Waals surface area contributed by atoms with Crippen LogP contribution in [0.25, 0.3) is 0 Å². The van der Waals surface area contributed by atoms with Gasteiger partial charge in [0.05, 0.1) is 46.5 Å². The van der Waals surface area contributed by atoms with Crippen molar-refractivity contribution in [1.29, 1.82) is 10.5 Å². The standard InChI is InChI=1S/C21H14ClFN4O3/c1-11-4-18(26-27-21(11)29)16(10-28)15-2-3-17(22)20(19(15)23)30-14-6-12(8-24)5-13(7-14)9-25/h2-7,16,28H,10H2,1H3,(H,27,29). The first-order chi connectivity index (χ1) is 14.4. The maximum Gasteiger partial charge on any atom is 0.267 e. The molecule has 3 aromatic rings. The van der Waals surface area contributed by atoms with Crippen LogP contribution in [0.4, 0.5) is 4.39 Å². The second-order valence-electron chi connectivity index (χ2n) is 6.39. The van der Waals surface area contributed by atoms with E-state index in [1.54, 1.807) is 6.92 Å². The molecule has 2 N–H and O–H groups in total. The van der Waals surface area contributed by atoms with Gasteiger partial charge in [0, 0.05) is 11.1 Å². The second-order valence-corrected chi connectivity index (χ2v) is 6.80. The summed E-state index contributed by atoms with van der Waals surface area (Å²) in [6.07, 6.45) is 0. The van der Waals surface area contributed by atoms with Crippen molar-refractivity contribution < 1.29 is 14.2 Å². The van der Waals surface area contributed by atoms with E-state index in [0.717, 1.165) is 0 Å². The number of H-pyrrole nitrogens is 1. The third-order valence-electron chi connectivity index (χ3n) is 4.39. The van der Waals surface area contributed by atoms with Gasteiger partial charge in [-0.05, 0) is 37.3 Å². The SMILES string of the molecule is Cc1cc(C(CO)c2ccc(Cl)c(Oc3cc(C#N)cc(C#N)c3)c2F)n[nH]c1=O. The maximum absolute atomic E-state index is 15.3. The molecule has 0 radical (unpaired) electrons. The Hall–Kier alpha value is -3.72. The Kier molecular flexibility index (Phi) is 6.12. The van der Waals surface area contributed by atoms with Crippen molar-refractivity contribution in [2.24, 2.45) is 0 Å². The van der Waals surface area contributed by atoms with Crippen molar-refractivity contribution in [3.8, 4) is 23.6 Å². The minimum absolute atomic E-state index is 0.0422. The van der Waals surface area contributed by atoms with Crippen molar-refractivity contribution in [1.82, 2.24) is 10.2 Å². The molecule has 7 nitrogen and oxygen atoms in total. The third-order valence-corrected chi connectivity index (χ3v) is 4.69. The number of halogens is 2. The van der Waals surface area contributed by atoms with Gasteiger partial charge >= 0.3 is 0 Å². The normalized spacial score (nSPS) is 11.4. The fourth-order valence-electron chi connectivity index (χ4n) is 2.87. The van der Waals surface area contributed by atoms with Gasteiger partial charge in [0.2, 0.25) is 0 Å².